The number of amides is 1. The van der Waals surface area contributed by atoms with Crippen molar-refractivity contribution in [2.45, 2.75) is 6.54 Å². The summed E-state index contributed by atoms with van der Waals surface area (Å²) in [5, 5.41) is 8.06. The normalized spacial score (nSPS) is 10.5. The Bertz CT molecular complexity index is 527. The molecule has 0 aliphatic heterocycles. The van der Waals surface area contributed by atoms with E-state index >= 15 is 0 Å². The lowest BCUT2D eigenvalue weighted by atomic mass is 10.3. The fourth-order valence-corrected chi connectivity index (χ4v) is 1.65. The quantitative estimate of drug-likeness (QED) is 0.772. The monoisotopic (exact) mass is 233 g/mol. The molecule has 90 valence electrons. The summed E-state index contributed by atoms with van der Waals surface area (Å²) in [7, 11) is 5.38. The topological polar surface area (TPSA) is 56.0 Å². The Balaban J connectivity index is 2.11. The molecule has 0 bridgehead atoms. The highest BCUT2D eigenvalue weighted by atomic mass is 16.2. The van der Waals surface area contributed by atoms with Gasteiger partial charge in [0, 0.05) is 33.5 Å². The van der Waals surface area contributed by atoms with Crippen molar-refractivity contribution in [3.05, 3.63) is 35.9 Å². The van der Waals surface area contributed by atoms with Gasteiger partial charge in [0.1, 0.15) is 5.69 Å². The van der Waals surface area contributed by atoms with Gasteiger partial charge in [-0.15, -0.1) is 0 Å². The van der Waals surface area contributed by atoms with Crippen LogP contribution in [0.5, 0.6) is 0 Å². The van der Waals surface area contributed by atoms with Crippen LogP contribution in [0.15, 0.2) is 24.5 Å². The smallest absolute Gasteiger partial charge is 0.272 e. The number of hydrogen-bond acceptors (Lipinski definition) is 3. The second kappa shape index (κ2) is 4.40. The number of carbonyl (C=O) groups is 1. The van der Waals surface area contributed by atoms with E-state index in [1.54, 1.807) is 46.8 Å². The zero-order valence-corrected chi connectivity index (χ0v) is 10.2. The van der Waals surface area contributed by atoms with Crippen LogP contribution in [0.25, 0.3) is 0 Å². The molecule has 2 heterocycles. The van der Waals surface area contributed by atoms with Crippen LogP contribution in [0.1, 0.15) is 16.2 Å². The maximum atomic E-state index is 12.1. The molecule has 0 fully saturated rings. The van der Waals surface area contributed by atoms with Gasteiger partial charge in [-0.2, -0.15) is 10.2 Å². The van der Waals surface area contributed by atoms with Crippen molar-refractivity contribution in [3.8, 4) is 0 Å². The molecule has 6 heteroatoms. The maximum absolute atomic E-state index is 12.1. The molecule has 0 saturated heterocycles. The zero-order valence-electron chi connectivity index (χ0n) is 10.2. The fourth-order valence-electron chi connectivity index (χ4n) is 1.65. The van der Waals surface area contributed by atoms with Crippen molar-refractivity contribution in [2.24, 2.45) is 14.1 Å². The predicted molar refractivity (Wildman–Crippen MR) is 62.2 cm³/mol. The summed E-state index contributed by atoms with van der Waals surface area (Å²) >= 11 is 0. The molecule has 0 aliphatic rings. The molecule has 0 aromatic carbocycles. The van der Waals surface area contributed by atoms with E-state index in [1.807, 2.05) is 13.1 Å². The largest absolute Gasteiger partial charge is 0.334 e. The molecule has 0 unspecified atom stereocenters. The van der Waals surface area contributed by atoms with Crippen molar-refractivity contribution in [1.29, 1.82) is 0 Å². The Morgan fingerprint density at radius 1 is 1.24 bits per heavy atom. The molecule has 0 atom stereocenters. The van der Waals surface area contributed by atoms with Crippen molar-refractivity contribution < 1.29 is 4.79 Å². The highest BCUT2D eigenvalue weighted by Gasteiger charge is 2.16. The second-order valence-electron chi connectivity index (χ2n) is 3.95. The molecule has 2 aromatic heterocycles. The van der Waals surface area contributed by atoms with Crippen molar-refractivity contribution in [3.63, 3.8) is 0 Å². The van der Waals surface area contributed by atoms with Crippen molar-refractivity contribution in [2.75, 3.05) is 7.05 Å². The van der Waals surface area contributed by atoms with E-state index in [-0.39, 0.29) is 5.91 Å². The first-order valence-corrected chi connectivity index (χ1v) is 5.30. The summed E-state index contributed by atoms with van der Waals surface area (Å²) in [6.07, 6.45) is 3.34. The van der Waals surface area contributed by atoms with Gasteiger partial charge >= 0.3 is 0 Å². The summed E-state index contributed by atoms with van der Waals surface area (Å²) in [5.74, 6) is -0.0498. The van der Waals surface area contributed by atoms with Crippen molar-refractivity contribution >= 4 is 5.91 Å². The van der Waals surface area contributed by atoms with E-state index in [4.69, 9.17) is 0 Å². The molecule has 6 nitrogen and oxygen atoms in total. The molecular weight excluding hydrogens is 218 g/mol. The van der Waals surface area contributed by atoms with Gasteiger partial charge in [-0.05, 0) is 12.1 Å². The van der Waals surface area contributed by atoms with E-state index in [1.165, 1.54) is 0 Å². The summed E-state index contributed by atoms with van der Waals surface area (Å²) in [4.78, 5) is 13.7. The van der Waals surface area contributed by atoms with Crippen LogP contribution in [-0.4, -0.2) is 37.4 Å². The molecule has 0 saturated carbocycles. The summed E-state index contributed by atoms with van der Waals surface area (Å²) in [6, 6.07) is 3.61. The minimum Gasteiger partial charge on any atom is -0.334 e. The van der Waals surface area contributed by atoms with Gasteiger partial charge in [0.25, 0.3) is 5.91 Å². The SMILES string of the molecule is CN(Cc1ccnn1C)C(=O)c1ccnn1C. The molecule has 2 aromatic rings. The van der Waals surface area contributed by atoms with E-state index in [2.05, 4.69) is 10.2 Å². The van der Waals surface area contributed by atoms with Gasteiger partial charge < -0.3 is 4.90 Å². The molecule has 0 aliphatic carbocycles. The molecule has 2 rings (SSSR count). The Morgan fingerprint density at radius 3 is 2.41 bits per heavy atom. The average molecular weight is 233 g/mol. The third kappa shape index (κ3) is 2.20. The minimum absolute atomic E-state index is 0.0498. The first kappa shape index (κ1) is 11.4. The van der Waals surface area contributed by atoms with Crippen LogP contribution in [0.3, 0.4) is 0 Å². The fraction of sp³-hybridized carbons (Fsp3) is 0.364. The third-order valence-electron chi connectivity index (χ3n) is 2.71. The van der Waals surface area contributed by atoms with Crippen LogP contribution in [0.4, 0.5) is 0 Å². The summed E-state index contributed by atoms with van der Waals surface area (Å²) in [5.41, 5.74) is 1.57. The Hall–Kier alpha value is -2.11. The highest BCUT2D eigenvalue weighted by Crippen LogP contribution is 2.06. The van der Waals surface area contributed by atoms with Gasteiger partial charge in [-0.25, -0.2) is 0 Å². The molecule has 0 N–H and O–H groups in total. The van der Waals surface area contributed by atoms with Gasteiger partial charge in [0.15, 0.2) is 0 Å². The van der Waals surface area contributed by atoms with E-state index in [9.17, 15) is 4.79 Å². The maximum Gasteiger partial charge on any atom is 0.272 e. The number of nitrogens with zero attached hydrogens (tertiary/aromatic N) is 5. The van der Waals surface area contributed by atoms with Crippen LogP contribution < -0.4 is 0 Å². The third-order valence-corrected chi connectivity index (χ3v) is 2.71. The zero-order chi connectivity index (χ0) is 12.4. The lowest BCUT2D eigenvalue weighted by molar-refractivity contribution is 0.0771. The molecule has 0 spiro atoms. The lowest BCUT2D eigenvalue weighted by Gasteiger charge is -2.17. The minimum atomic E-state index is -0.0498. The van der Waals surface area contributed by atoms with Crippen LogP contribution in [-0.2, 0) is 20.6 Å². The Labute approximate surface area is 99.4 Å². The molecule has 1 amide bonds. The van der Waals surface area contributed by atoms with Crippen LogP contribution in [0.2, 0.25) is 0 Å². The van der Waals surface area contributed by atoms with Crippen molar-refractivity contribution in [1.82, 2.24) is 24.5 Å². The van der Waals surface area contributed by atoms with Gasteiger partial charge in [0.05, 0.1) is 12.2 Å². The Morgan fingerprint density at radius 2 is 1.88 bits per heavy atom. The number of carbonyl (C=O) groups excluding carboxylic acids is 1. The predicted octanol–water partition coefficient (Wildman–Crippen LogP) is 0.426. The van der Waals surface area contributed by atoms with Gasteiger partial charge in [-0.3, -0.25) is 14.2 Å². The number of aryl methyl sites for hydroxylation is 2. The van der Waals surface area contributed by atoms with E-state index in [0.717, 1.165) is 5.69 Å². The summed E-state index contributed by atoms with van der Waals surface area (Å²) in [6.45, 7) is 0.528. The standard InChI is InChI=1S/C11H15N5O/c1-14(8-9-4-6-12-15(9)2)11(17)10-5-7-13-16(10)3/h4-7H,8H2,1-3H3. The van der Waals surface area contributed by atoms with E-state index < -0.39 is 0 Å². The first-order chi connectivity index (χ1) is 8.09. The number of aromatic nitrogens is 4. The highest BCUT2D eigenvalue weighted by molar-refractivity contribution is 5.92. The molecule has 17 heavy (non-hydrogen) atoms. The molecular formula is C11H15N5O. The van der Waals surface area contributed by atoms with Crippen LogP contribution in [0, 0.1) is 0 Å². The number of rotatable bonds is 3. The molecule has 0 radical (unpaired) electrons. The van der Waals surface area contributed by atoms with E-state index in [0.29, 0.717) is 12.2 Å². The number of hydrogen-bond donors (Lipinski definition) is 0. The summed E-state index contributed by atoms with van der Waals surface area (Å²) < 4.78 is 3.33. The second-order valence-corrected chi connectivity index (χ2v) is 3.95. The van der Waals surface area contributed by atoms with Crippen LogP contribution >= 0.6 is 0 Å². The van der Waals surface area contributed by atoms with Gasteiger partial charge in [-0.1, -0.05) is 0 Å². The van der Waals surface area contributed by atoms with Gasteiger partial charge in [0.2, 0.25) is 0 Å². The average Bonchev–Trinajstić information content (AvgIpc) is 2.88. The Kier molecular flexibility index (Phi) is 2.95. The first-order valence-electron chi connectivity index (χ1n) is 5.30. The lowest BCUT2D eigenvalue weighted by Crippen LogP contribution is -2.28.